The molecule has 6 heteroatoms. The number of hydrogen-bond donors (Lipinski definition) is 1. The zero-order valence-corrected chi connectivity index (χ0v) is 14.1. The molecular formula is C18H21N3O3. The fraction of sp³-hybridized carbons (Fsp3) is 0.389. The van der Waals surface area contributed by atoms with Crippen molar-refractivity contribution in [2.24, 2.45) is 5.41 Å². The molecule has 0 unspecified atom stereocenters. The Bertz CT molecular complexity index is 788. The number of amides is 1. The summed E-state index contributed by atoms with van der Waals surface area (Å²) in [6, 6.07) is 9.47. The van der Waals surface area contributed by atoms with Crippen LogP contribution in [0.4, 0.5) is 0 Å². The molecule has 0 radical (unpaired) electrons. The van der Waals surface area contributed by atoms with Crippen LogP contribution in [0.1, 0.15) is 42.5 Å². The highest BCUT2D eigenvalue weighted by Crippen LogP contribution is 2.28. The van der Waals surface area contributed by atoms with Gasteiger partial charge in [-0.05, 0) is 12.1 Å². The van der Waals surface area contributed by atoms with Gasteiger partial charge in [0.25, 0.3) is 0 Å². The Morgan fingerprint density at radius 3 is 2.42 bits per heavy atom. The fourth-order valence-corrected chi connectivity index (χ4v) is 3.02. The maximum atomic E-state index is 12.5. The Morgan fingerprint density at radius 1 is 1.17 bits per heavy atom. The van der Waals surface area contributed by atoms with Gasteiger partial charge in [0.2, 0.25) is 5.91 Å². The molecule has 0 spiro atoms. The molecule has 0 bridgehead atoms. The number of benzene rings is 1. The van der Waals surface area contributed by atoms with Crippen LogP contribution in [-0.4, -0.2) is 38.2 Å². The van der Waals surface area contributed by atoms with Crippen molar-refractivity contribution in [3.05, 3.63) is 47.3 Å². The van der Waals surface area contributed by atoms with Crippen LogP contribution < -0.4 is 0 Å². The van der Waals surface area contributed by atoms with Crippen LogP contribution >= 0.6 is 0 Å². The van der Waals surface area contributed by atoms with E-state index in [2.05, 4.69) is 5.10 Å². The first-order valence-corrected chi connectivity index (χ1v) is 7.98. The summed E-state index contributed by atoms with van der Waals surface area (Å²) >= 11 is 0. The SMILES string of the molecule is CC(C)(C)C(=O)N1CCc2c(c(C(=O)O)nn2-c2ccccc2)C1. The molecule has 3 rings (SSSR count). The minimum absolute atomic E-state index is 0.0250. The lowest BCUT2D eigenvalue weighted by Crippen LogP contribution is -2.42. The predicted molar refractivity (Wildman–Crippen MR) is 89.1 cm³/mol. The fourth-order valence-electron chi connectivity index (χ4n) is 3.02. The van der Waals surface area contributed by atoms with Crippen molar-refractivity contribution >= 4 is 11.9 Å². The zero-order chi connectivity index (χ0) is 17.5. The van der Waals surface area contributed by atoms with Gasteiger partial charge in [-0.1, -0.05) is 39.0 Å². The molecule has 2 aromatic rings. The van der Waals surface area contributed by atoms with E-state index in [0.29, 0.717) is 25.1 Å². The van der Waals surface area contributed by atoms with Gasteiger partial charge in [-0.25, -0.2) is 9.48 Å². The first kappa shape index (κ1) is 16.2. The summed E-state index contributed by atoms with van der Waals surface area (Å²) in [5.41, 5.74) is 1.87. The Hall–Kier alpha value is -2.63. The Morgan fingerprint density at radius 2 is 1.83 bits per heavy atom. The molecule has 1 amide bonds. The highest BCUT2D eigenvalue weighted by molar-refractivity contribution is 5.88. The molecule has 1 aliphatic rings. The van der Waals surface area contributed by atoms with Crippen LogP contribution in [0.15, 0.2) is 30.3 Å². The van der Waals surface area contributed by atoms with E-state index < -0.39 is 11.4 Å². The second-order valence-electron chi connectivity index (χ2n) is 7.05. The number of aromatic carboxylic acids is 1. The summed E-state index contributed by atoms with van der Waals surface area (Å²) in [5.74, 6) is -1.04. The van der Waals surface area contributed by atoms with Crippen LogP contribution in [0.5, 0.6) is 0 Å². The van der Waals surface area contributed by atoms with Gasteiger partial charge in [0.15, 0.2) is 5.69 Å². The summed E-state index contributed by atoms with van der Waals surface area (Å²) in [7, 11) is 0. The van der Waals surface area contributed by atoms with Crippen molar-refractivity contribution in [2.75, 3.05) is 6.54 Å². The van der Waals surface area contributed by atoms with Crippen molar-refractivity contribution < 1.29 is 14.7 Å². The van der Waals surface area contributed by atoms with Gasteiger partial charge in [-0.3, -0.25) is 4.79 Å². The number of hydrogen-bond acceptors (Lipinski definition) is 3. The van der Waals surface area contributed by atoms with Gasteiger partial charge in [0.05, 0.1) is 11.4 Å². The summed E-state index contributed by atoms with van der Waals surface area (Å²) in [5, 5.41) is 13.8. The van der Waals surface area contributed by atoms with E-state index in [9.17, 15) is 14.7 Å². The van der Waals surface area contributed by atoms with Gasteiger partial charge < -0.3 is 10.0 Å². The van der Waals surface area contributed by atoms with Gasteiger partial charge in [0.1, 0.15) is 0 Å². The predicted octanol–water partition coefficient (Wildman–Crippen LogP) is 2.50. The smallest absolute Gasteiger partial charge is 0.356 e. The molecule has 0 saturated heterocycles. The lowest BCUT2D eigenvalue weighted by Gasteiger charge is -2.32. The lowest BCUT2D eigenvalue weighted by molar-refractivity contribution is -0.140. The topological polar surface area (TPSA) is 75.4 Å². The minimum atomic E-state index is -1.06. The number of carbonyl (C=O) groups excluding carboxylic acids is 1. The molecule has 1 N–H and O–H groups in total. The number of carboxylic acid groups (broad SMARTS) is 1. The second kappa shape index (κ2) is 5.78. The van der Waals surface area contributed by atoms with Gasteiger partial charge >= 0.3 is 5.97 Å². The van der Waals surface area contributed by atoms with Crippen molar-refractivity contribution in [2.45, 2.75) is 33.7 Å². The Kier molecular flexibility index (Phi) is 3.91. The molecule has 24 heavy (non-hydrogen) atoms. The van der Waals surface area contributed by atoms with Crippen LogP contribution in [-0.2, 0) is 17.8 Å². The summed E-state index contributed by atoms with van der Waals surface area (Å²) in [4.78, 5) is 25.9. The molecule has 1 aromatic heterocycles. The summed E-state index contributed by atoms with van der Waals surface area (Å²) in [6.45, 7) is 6.48. The number of para-hydroxylation sites is 1. The zero-order valence-electron chi connectivity index (χ0n) is 14.1. The van der Waals surface area contributed by atoms with E-state index in [4.69, 9.17) is 0 Å². The van der Waals surface area contributed by atoms with Crippen LogP contribution in [0.2, 0.25) is 0 Å². The third-order valence-corrected chi connectivity index (χ3v) is 4.19. The van der Waals surface area contributed by atoms with Crippen molar-refractivity contribution in [3.63, 3.8) is 0 Å². The third-order valence-electron chi connectivity index (χ3n) is 4.19. The van der Waals surface area contributed by atoms with E-state index in [1.165, 1.54) is 0 Å². The molecule has 1 aromatic carbocycles. The maximum Gasteiger partial charge on any atom is 0.356 e. The van der Waals surface area contributed by atoms with Crippen molar-refractivity contribution in [1.82, 2.24) is 14.7 Å². The number of rotatable bonds is 2. The second-order valence-corrected chi connectivity index (χ2v) is 7.05. The van der Waals surface area contributed by atoms with E-state index in [1.54, 1.807) is 9.58 Å². The van der Waals surface area contributed by atoms with E-state index in [1.807, 2.05) is 51.1 Å². The van der Waals surface area contributed by atoms with Crippen molar-refractivity contribution in [1.29, 1.82) is 0 Å². The normalized spacial score (nSPS) is 14.4. The van der Waals surface area contributed by atoms with Gasteiger partial charge in [0, 0.05) is 30.5 Å². The van der Waals surface area contributed by atoms with E-state index in [0.717, 1.165) is 11.4 Å². The average molecular weight is 327 g/mol. The molecular weight excluding hydrogens is 306 g/mol. The first-order valence-electron chi connectivity index (χ1n) is 7.98. The lowest BCUT2D eigenvalue weighted by atomic mass is 9.93. The van der Waals surface area contributed by atoms with Crippen LogP contribution in [0.3, 0.4) is 0 Å². The van der Waals surface area contributed by atoms with E-state index >= 15 is 0 Å². The van der Waals surface area contributed by atoms with Gasteiger partial charge in [-0.15, -0.1) is 0 Å². The van der Waals surface area contributed by atoms with Crippen molar-refractivity contribution in [3.8, 4) is 5.69 Å². The van der Waals surface area contributed by atoms with Gasteiger partial charge in [-0.2, -0.15) is 5.10 Å². The minimum Gasteiger partial charge on any atom is -0.476 e. The standard InChI is InChI=1S/C18H21N3O3/c1-18(2,3)17(24)20-10-9-14-13(11-20)15(16(22)23)19-21(14)12-7-5-4-6-8-12/h4-8H,9-11H2,1-3H3,(H,22,23). The maximum absolute atomic E-state index is 12.5. The van der Waals surface area contributed by atoms with E-state index in [-0.39, 0.29) is 11.6 Å². The molecule has 2 heterocycles. The highest BCUT2D eigenvalue weighted by atomic mass is 16.4. The number of carboxylic acids is 1. The molecule has 0 aliphatic carbocycles. The number of aromatic nitrogens is 2. The highest BCUT2D eigenvalue weighted by Gasteiger charge is 2.34. The Labute approximate surface area is 140 Å². The quantitative estimate of drug-likeness (QED) is 0.919. The molecule has 0 atom stereocenters. The number of nitrogens with zero attached hydrogens (tertiary/aromatic N) is 3. The average Bonchev–Trinajstić information content (AvgIpc) is 2.93. The summed E-state index contributed by atoms with van der Waals surface area (Å²) in [6.07, 6.45) is 0.590. The largest absolute Gasteiger partial charge is 0.476 e. The Balaban J connectivity index is 2.04. The molecule has 0 fully saturated rings. The molecule has 1 aliphatic heterocycles. The van der Waals surface area contributed by atoms with Crippen LogP contribution in [0.25, 0.3) is 5.69 Å². The molecule has 6 nitrogen and oxygen atoms in total. The number of fused-ring (bicyclic) bond motifs is 1. The molecule has 126 valence electrons. The monoisotopic (exact) mass is 327 g/mol. The summed E-state index contributed by atoms with van der Waals surface area (Å²) < 4.78 is 1.69. The molecule has 0 saturated carbocycles. The third kappa shape index (κ3) is 2.79. The number of carbonyl (C=O) groups is 2. The van der Waals surface area contributed by atoms with Crippen LogP contribution in [0, 0.1) is 5.41 Å². The first-order chi connectivity index (χ1) is 11.3.